The summed E-state index contributed by atoms with van der Waals surface area (Å²) in [6, 6.07) is 16.4. The molecule has 0 aliphatic carbocycles. The zero-order valence-electron chi connectivity index (χ0n) is 11.8. The second kappa shape index (κ2) is 5.45. The molecule has 0 aliphatic heterocycles. The van der Waals surface area contributed by atoms with Crippen molar-refractivity contribution in [1.82, 2.24) is 0 Å². The van der Waals surface area contributed by atoms with E-state index >= 15 is 0 Å². The van der Waals surface area contributed by atoms with Crippen LogP contribution in [0.5, 0.6) is 5.75 Å². The van der Waals surface area contributed by atoms with E-state index in [-0.39, 0.29) is 0 Å². The Bertz CT molecular complexity index is 543. The molecule has 1 unspecified atom stereocenters. The number of rotatable bonds is 4. The van der Waals surface area contributed by atoms with E-state index in [0.29, 0.717) is 6.61 Å². The molecule has 2 aromatic rings. The lowest BCUT2D eigenvalue weighted by Crippen LogP contribution is -2.34. The third-order valence-corrected chi connectivity index (χ3v) is 3.40. The number of hydrogen-bond donors (Lipinski definition) is 1. The molecule has 2 aromatic carbocycles. The molecule has 0 aliphatic rings. The van der Waals surface area contributed by atoms with Gasteiger partial charge >= 0.3 is 0 Å². The molecule has 0 heterocycles. The van der Waals surface area contributed by atoms with Crippen molar-refractivity contribution in [3.05, 3.63) is 65.2 Å². The fourth-order valence-corrected chi connectivity index (χ4v) is 2.14. The van der Waals surface area contributed by atoms with Gasteiger partial charge in [-0.15, -0.1) is 0 Å². The summed E-state index contributed by atoms with van der Waals surface area (Å²) >= 11 is 0. The van der Waals surface area contributed by atoms with Crippen LogP contribution in [-0.2, 0) is 5.54 Å². The highest BCUT2D eigenvalue weighted by molar-refractivity contribution is 5.41. The van der Waals surface area contributed by atoms with Crippen molar-refractivity contribution in [2.45, 2.75) is 26.3 Å². The highest BCUT2D eigenvalue weighted by Crippen LogP contribution is 2.29. The number of ether oxygens (including phenoxy) is 1. The smallest absolute Gasteiger partial charge is 0.119 e. The first-order valence-electron chi connectivity index (χ1n) is 6.63. The van der Waals surface area contributed by atoms with Crippen LogP contribution in [0.4, 0.5) is 0 Å². The van der Waals surface area contributed by atoms with Gasteiger partial charge in [0.25, 0.3) is 0 Å². The van der Waals surface area contributed by atoms with Crippen LogP contribution in [0.25, 0.3) is 0 Å². The van der Waals surface area contributed by atoms with Crippen LogP contribution in [0.3, 0.4) is 0 Å². The van der Waals surface area contributed by atoms with Gasteiger partial charge in [-0.05, 0) is 44.0 Å². The minimum absolute atomic E-state index is 0.513. The fraction of sp³-hybridized carbons (Fsp3) is 0.294. The first kappa shape index (κ1) is 13.6. The molecule has 100 valence electrons. The Labute approximate surface area is 115 Å². The first-order chi connectivity index (χ1) is 9.04. The maximum atomic E-state index is 6.52. The topological polar surface area (TPSA) is 35.2 Å². The molecule has 0 spiro atoms. The molecular formula is C17H21NO. The normalized spacial score (nSPS) is 13.9. The van der Waals surface area contributed by atoms with Crippen LogP contribution in [0.15, 0.2) is 48.5 Å². The van der Waals surface area contributed by atoms with Gasteiger partial charge in [0, 0.05) is 0 Å². The number of aryl methyl sites for hydroxylation is 1. The van der Waals surface area contributed by atoms with Crippen molar-refractivity contribution in [2.24, 2.45) is 5.73 Å². The quantitative estimate of drug-likeness (QED) is 0.905. The Morgan fingerprint density at radius 3 is 2.37 bits per heavy atom. The molecule has 0 saturated carbocycles. The standard InChI is InChI=1S/C17H21NO/c1-4-19-16-7-5-6-15(12-16)17(3,18)14-10-8-13(2)9-11-14/h5-12H,4,18H2,1-3H3. The lowest BCUT2D eigenvalue weighted by atomic mass is 9.85. The van der Waals surface area contributed by atoms with Crippen LogP contribution in [0, 0.1) is 6.92 Å². The van der Waals surface area contributed by atoms with Crippen LogP contribution in [-0.4, -0.2) is 6.61 Å². The molecule has 0 saturated heterocycles. The summed E-state index contributed by atoms with van der Waals surface area (Å²) < 4.78 is 5.54. The minimum atomic E-state index is -0.513. The number of nitrogens with two attached hydrogens (primary N) is 1. The molecule has 2 rings (SSSR count). The van der Waals surface area contributed by atoms with Gasteiger partial charge in [-0.25, -0.2) is 0 Å². The SMILES string of the molecule is CCOc1cccc(C(C)(N)c2ccc(C)cc2)c1. The van der Waals surface area contributed by atoms with E-state index in [2.05, 4.69) is 31.2 Å². The molecule has 19 heavy (non-hydrogen) atoms. The van der Waals surface area contributed by atoms with Gasteiger partial charge in [-0.2, -0.15) is 0 Å². The van der Waals surface area contributed by atoms with Crippen molar-refractivity contribution in [3.8, 4) is 5.75 Å². The maximum absolute atomic E-state index is 6.52. The third kappa shape index (κ3) is 2.96. The van der Waals surface area contributed by atoms with Gasteiger partial charge < -0.3 is 10.5 Å². The van der Waals surface area contributed by atoms with Crippen LogP contribution in [0.1, 0.15) is 30.5 Å². The second-order valence-corrected chi connectivity index (χ2v) is 5.03. The van der Waals surface area contributed by atoms with Crippen molar-refractivity contribution >= 4 is 0 Å². The average molecular weight is 255 g/mol. The van der Waals surface area contributed by atoms with Gasteiger partial charge in [-0.3, -0.25) is 0 Å². The van der Waals surface area contributed by atoms with E-state index < -0.39 is 5.54 Å². The average Bonchev–Trinajstić information content (AvgIpc) is 2.40. The summed E-state index contributed by atoms with van der Waals surface area (Å²) in [6.07, 6.45) is 0. The van der Waals surface area contributed by atoms with Gasteiger partial charge in [0.05, 0.1) is 12.1 Å². The molecular weight excluding hydrogens is 234 g/mol. The predicted octanol–water partition coefficient (Wildman–Crippen LogP) is 3.62. The molecule has 0 fully saturated rings. The summed E-state index contributed by atoms with van der Waals surface area (Å²) in [5.74, 6) is 0.865. The van der Waals surface area contributed by atoms with Crippen LogP contribution in [0.2, 0.25) is 0 Å². The van der Waals surface area contributed by atoms with Crippen LogP contribution >= 0.6 is 0 Å². The first-order valence-corrected chi connectivity index (χ1v) is 6.63. The maximum Gasteiger partial charge on any atom is 0.119 e. The zero-order chi connectivity index (χ0) is 13.9. The summed E-state index contributed by atoms with van der Waals surface area (Å²) in [5.41, 5.74) is 9.41. The van der Waals surface area contributed by atoms with Crippen molar-refractivity contribution < 1.29 is 4.74 Å². The molecule has 2 heteroatoms. The molecule has 0 bridgehead atoms. The monoisotopic (exact) mass is 255 g/mol. The molecule has 2 N–H and O–H groups in total. The predicted molar refractivity (Wildman–Crippen MR) is 79.4 cm³/mol. The van der Waals surface area contributed by atoms with E-state index in [9.17, 15) is 0 Å². The Hall–Kier alpha value is -1.80. The van der Waals surface area contributed by atoms with E-state index in [1.807, 2.05) is 38.1 Å². The van der Waals surface area contributed by atoms with Gasteiger partial charge in [0.1, 0.15) is 5.75 Å². The highest BCUT2D eigenvalue weighted by atomic mass is 16.5. The summed E-state index contributed by atoms with van der Waals surface area (Å²) in [6.45, 7) is 6.75. The Balaban J connectivity index is 2.37. The minimum Gasteiger partial charge on any atom is -0.494 e. The summed E-state index contributed by atoms with van der Waals surface area (Å²) in [4.78, 5) is 0. The molecule has 2 nitrogen and oxygen atoms in total. The van der Waals surface area contributed by atoms with Crippen molar-refractivity contribution in [3.63, 3.8) is 0 Å². The lowest BCUT2D eigenvalue weighted by molar-refractivity contribution is 0.339. The molecule has 0 amide bonds. The van der Waals surface area contributed by atoms with Crippen LogP contribution < -0.4 is 10.5 Å². The highest BCUT2D eigenvalue weighted by Gasteiger charge is 2.23. The van der Waals surface area contributed by atoms with Gasteiger partial charge in [0.2, 0.25) is 0 Å². The zero-order valence-corrected chi connectivity index (χ0v) is 11.8. The second-order valence-electron chi connectivity index (χ2n) is 5.03. The third-order valence-electron chi connectivity index (χ3n) is 3.40. The van der Waals surface area contributed by atoms with Gasteiger partial charge in [-0.1, -0.05) is 42.0 Å². The summed E-state index contributed by atoms with van der Waals surface area (Å²) in [5, 5.41) is 0. The molecule has 1 atom stereocenters. The number of hydrogen-bond acceptors (Lipinski definition) is 2. The van der Waals surface area contributed by atoms with Crippen molar-refractivity contribution in [1.29, 1.82) is 0 Å². The van der Waals surface area contributed by atoms with E-state index in [1.54, 1.807) is 0 Å². The largest absolute Gasteiger partial charge is 0.494 e. The van der Waals surface area contributed by atoms with E-state index in [1.165, 1.54) is 5.56 Å². The Morgan fingerprint density at radius 2 is 1.74 bits per heavy atom. The van der Waals surface area contributed by atoms with Gasteiger partial charge in [0.15, 0.2) is 0 Å². The van der Waals surface area contributed by atoms with Crippen molar-refractivity contribution in [2.75, 3.05) is 6.61 Å². The molecule has 0 radical (unpaired) electrons. The lowest BCUT2D eigenvalue weighted by Gasteiger charge is -2.26. The Morgan fingerprint density at radius 1 is 1.05 bits per heavy atom. The summed E-state index contributed by atoms with van der Waals surface area (Å²) in [7, 11) is 0. The fourth-order valence-electron chi connectivity index (χ4n) is 2.14. The molecule has 0 aromatic heterocycles. The number of benzene rings is 2. The van der Waals surface area contributed by atoms with E-state index in [4.69, 9.17) is 10.5 Å². The van der Waals surface area contributed by atoms with E-state index in [0.717, 1.165) is 16.9 Å². The Kier molecular flexibility index (Phi) is 3.91.